The Labute approximate surface area is 115 Å². The quantitative estimate of drug-likeness (QED) is 0.850. The summed E-state index contributed by atoms with van der Waals surface area (Å²) >= 11 is 0. The first-order valence-corrected chi connectivity index (χ1v) is 7.13. The zero-order valence-electron chi connectivity index (χ0n) is 11.8. The molecule has 1 unspecified atom stereocenters. The molecule has 2 nitrogen and oxygen atoms in total. The van der Waals surface area contributed by atoms with E-state index in [1.165, 1.54) is 16.5 Å². The lowest BCUT2D eigenvalue weighted by Crippen LogP contribution is -2.24. The number of rotatable bonds is 6. The maximum Gasteiger partial charge on any atom is 0.0512 e. The van der Waals surface area contributed by atoms with E-state index in [-0.39, 0.29) is 6.10 Å². The molecule has 0 spiro atoms. The van der Waals surface area contributed by atoms with Gasteiger partial charge in [-0.05, 0) is 38.1 Å². The Bertz CT molecular complexity index is 516. The van der Waals surface area contributed by atoms with Crippen LogP contribution in [0, 0.1) is 0 Å². The average Bonchev–Trinajstić information content (AvgIpc) is 2.43. The van der Waals surface area contributed by atoms with E-state index in [0.717, 1.165) is 25.9 Å². The molecule has 2 rings (SSSR count). The smallest absolute Gasteiger partial charge is 0.0512 e. The van der Waals surface area contributed by atoms with E-state index in [1.54, 1.807) is 0 Å². The molecule has 0 saturated carbocycles. The molecule has 0 aliphatic rings. The van der Waals surface area contributed by atoms with Gasteiger partial charge in [0, 0.05) is 24.2 Å². The second-order valence-electron chi connectivity index (χ2n) is 5.07. The van der Waals surface area contributed by atoms with Gasteiger partial charge in [0.05, 0.1) is 6.10 Å². The van der Waals surface area contributed by atoms with Gasteiger partial charge in [-0.2, -0.15) is 0 Å². The Morgan fingerprint density at radius 2 is 1.84 bits per heavy atom. The summed E-state index contributed by atoms with van der Waals surface area (Å²) in [6.45, 7) is 6.03. The van der Waals surface area contributed by atoms with Crippen LogP contribution in [0.1, 0.15) is 26.7 Å². The zero-order chi connectivity index (χ0) is 13.7. The van der Waals surface area contributed by atoms with Crippen molar-refractivity contribution in [2.75, 3.05) is 18.0 Å². The number of benzene rings is 2. The highest BCUT2D eigenvalue weighted by Crippen LogP contribution is 2.26. The molecule has 0 aliphatic heterocycles. The highest BCUT2D eigenvalue weighted by Gasteiger charge is 2.08. The zero-order valence-corrected chi connectivity index (χ0v) is 11.8. The minimum absolute atomic E-state index is 0.203. The Balaban J connectivity index is 2.20. The van der Waals surface area contributed by atoms with Crippen molar-refractivity contribution in [3.63, 3.8) is 0 Å². The van der Waals surface area contributed by atoms with Crippen LogP contribution in [0.25, 0.3) is 10.8 Å². The van der Waals surface area contributed by atoms with Gasteiger partial charge in [0.15, 0.2) is 0 Å². The SMILES string of the molecule is CCN(CCCC(C)O)c1cccc2ccccc12. The Kier molecular flexibility index (Phi) is 4.80. The van der Waals surface area contributed by atoms with Gasteiger partial charge in [-0.15, -0.1) is 0 Å². The largest absolute Gasteiger partial charge is 0.393 e. The molecule has 2 heteroatoms. The van der Waals surface area contributed by atoms with Gasteiger partial charge in [0.25, 0.3) is 0 Å². The monoisotopic (exact) mass is 257 g/mol. The van der Waals surface area contributed by atoms with E-state index in [4.69, 9.17) is 0 Å². The molecule has 0 saturated heterocycles. The van der Waals surface area contributed by atoms with E-state index >= 15 is 0 Å². The number of hydrogen-bond acceptors (Lipinski definition) is 2. The summed E-state index contributed by atoms with van der Waals surface area (Å²) in [5, 5.41) is 12.0. The first-order valence-electron chi connectivity index (χ1n) is 7.13. The van der Waals surface area contributed by atoms with Crippen LogP contribution in [0.5, 0.6) is 0 Å². The predicted octanol–water partition coefficient (Wildman–Crippen LogP) is 3.83. The average molecular weight is 257 g/mol. The predicted molar refractivity (Wildman–Crippen MR) is 82.7 cm³/mol. The van der Waals surface area contributed by atoms with Gasteiger partial charge in [-0.3, -0.25) is 0 Å². The lowest BCUT2D eigenvalue weighted by molar-refractivity contribution is 0.182. The summed E-state index contributed by atoms with van der Waals surface area (Å²) in [6, 6.07) is 15.0. The Morgan fingerprint density at radius 3 is 2.58 bits per heavy atom. The minimum Gasteiger partial charge on any atom is -0.393 e. The van der Waals surface area contributed by atoms with Crippen LogP contribution in [0.4, 0.5) is 5.69 Å². The first kappa shape index (κ1) is 13.9. The van der Waals surface area contributed by atoms with E-state index < -0.39 is 0 Å². The van der Waals surface area contributed by atoms with Crippen LogP contribution in [0.3, 0.4) is 0 Å². The lowest BCUT2D eigenvalue weighted by atomic mass is 10.1. The summed E-state index contributed by atoms with van der Waals surface area (Å²) in [4.78, 5) is 2.39. The molecule has 0 radical (unpaired) electrons. The van der Waals surface area contributed by atoms with Crippen molar-refractivity contribution >= 4 is 16.5 Å². The van der Waals surface area contributed by atoms with Gasteiger partial charge in [0.2, 0.25) is 0 Å². The number of anilines is 1. The molecule has 2 aromatic rings. The van der Waals surface area contributed by atoms with Crippen molar-refractivity contribution in [3.8, 4) is 0 Å². The summed E-state index contributed by atoms with van der Waals surface area (Å²) in [5.74, 6) is 0. The fourth-order valence-corrected chi connectivity index (χ4v) is 2.51. The molecule has 19 heavy (non-hydrogen) atoms. The molecular formula is C17H23NO. The van der Waals surface area contributed by atoms with Crippen molar-refractivity contribution in [3.05, 3.63) is 42.5 Å². The third-order valence-corrected chi connectivity index (χ3v) is 3.54. The van der Waals surface area contributed by atoms with E-state index in [2.05, 4.69) is 54.3 Å². The molecule has 102 valence electrons. The summed E-state index contributed by atoms with van der Waals surface area (Å²) in [6.07, 6.45) is 1.68. The number of fused-ring (bicyclic) bond motifs is 1. The molecule has 1 N–H and O–H groups in total. The van der Waals surface area contributed by atoms with Crippen molar-refractivity contribution < 1.29 is 5.11 Å². The molecule has 1 atom stereocenters. The van der Waals surface area contributed by atoms with Crippen LogP contribution in [0.2, 0.25) is 0 Å². The number of aliphatic hydroxyl groups is 1. The molecule has 2 aromatic carbocycles. The standard InChI is InChI=1S/C17H23NO/c1-3-18(13-7-8-14(2)19)17-12-6-10-15-9-4-5-11-16(15)17/h4-6,9-12,14,19H,3,7-8,13H2,1-2H3. The van der Waals surface area contributed by atoms with Gasteiger partial charge in [0.1, 0.15) is 0 Å². The number of aliphatic hydroxyl groups excluding tert-OH is 1. The molecule has 0 aromatic heterocycles. The second kappa shape index (κ2) is 6.58. The third-order valence-electron chi connectivity index (χ3n) is 3.54. The topological polar surface area (TPSA) is 23.5 Å². The summed E-state index contributed by atoms with van der Waals surface area (Å²) in [5.41, 5.74) is 1.30. The lowest BCUT2D eigenvalue weighted by Gasteiger charge is -2.25. The van der Waals surface area contributed by atoms with Gasteiger partial charge >= 0.3 is 0 Å². The maximum absolute atomic E-state index is 9.36. The van der Waals surface area contributed by atoms with Crippen LogP contribution in [0.15, 0.2) is 42.5 Å². The summed E-state index contributed by atoms with van der Waals surface area (Å²) < 4.78 is 0. The minimum atomic E-state index is -0.203. The van der Waals surface area contributed by atoms with Crippen molar-refractivity contribution in [2.45, 2.75) is 32.8 Å². The van der Waals surface area contributed by atoms with Crippen molar-refractivity contribution in [1.29, 1.82) is 0 Å². The van der Waals surface area contributed by atoms with Crippen molar-refractivity contribution in [2.24, 2.45) is 0 Å². The first-order chi connectivity index (χ1) is 9.22. The highest BCUT2D eigenvalue weighted by atomic mass is 16.3. The van der Waals surface area contributed by atoms with Gasteiger partial charge in [-0.1, -0.05) is 36.4 Å². The van der Waals surface area contributed by atoms with Crippen molar-refractivity contribution in [1.82, 2.24) is 0 Å². The molecule has 0 bridgehead atoms. The molecule has 0 aliphatic carbocycles. The van der Waals surface area contributed by atoms with Gasteiger partial charge in [-0.25, -0.2) is 0 Å². The van der Waals surface area contributed by atoms with E-state index in [9.17, 15) is 5.11 Å². The molecule has 0 heterocycles. The molecular weight excluding hydrogens is 234 g/mol. The normalized spacial score (nSPS) is 12.6. The van der Waals surface area contributed by atoms with E-state index in [1.807, 2.05) is 6.92 Å². The number of hydrogen-bond donors (Lipinski definition) is 1. The van der Waals surface area contributed by atoms with Crippen LogP contribution in [-0.4, -0.2) is 24.3 Å². The Morgan fingerprint density at radius 1 is 1.11 bits per heavy atom. The molecule has 0 amide bonds. The summed E-state index contributed by atoms with van der Waals surface area (Å²) in [7, 11) is 0. The third kappa shape index (κ3) is 3.48. The molecule has 0 fully saturated rings. The van der Waals surface area contributed by atoms with Crippen LogP contribution >= 0.6 is 0 Å². The fourth-order valence-electron chi connectivity index (χ4n) is 2.51. The highest BCUT2D eigenvalue weighted by molar-refractivity contribution is 5.94. The van der Waals surface area contributed by atoms with Gasteiger partial charge < -0.3 is 10.0 Å². The Hall–Kier alpha value is -1.54. The second-order valence-corrected chi connectivity index (χ2v) is 5.07. The maximum atomic E-state index is 9.36. The number of nitrogens with zero attached hydrogens (tertiary/aromatic N) is 1. The van der Waals surface area contributed by atoms with E-state index in [0.29, 0.717) is 0 Å². The van der Waals surface area contributed by atoms with Crippen LogP contribution in [-0.2, 0) is 0 Å². The van der Waals surface area contributed by atoms with Crippen LogP contribution < -0.4 is 4.90 Å². The fraction of sp³-hybridized carbons (Fsp3) is 0.412.